The molecule has 0 aromatic rings. The first-order valence-electron chi connectivity index (χ1n) is 27.4. The third-order valence-electron chi connectivity index (χ3n) is 13.1. The van der Waals surface area contributed by atoms with E-state index >= 15 is 0 Å². The summed E-state index contributed by atoms with van der Waals surface area (Å²) >= 11 is 0. The minimum atomic E-state index is -1.67. The van der Waals surface area contributed by atoms with Gasteiger partial charge in [-0.2, -0.15) is 0 Å². The first kappa shape index (κ1) is 62.3. The second-order valence-corrected chi connectivity index (χ2v) is 19.3. The molecule has 11 nitrogen and oxygen atoms in total. The third-order valence-corrected chi connectivity index (χ3v) is 13.1. The average molecular weight is 938 g/mol. The lowest BCUT2D eigenvalue weighted by atomic mass is 9.98. The maximum absolute atomic E-state index is 13.1. The van der Waals surface area contributed by atoms with Gasteiger partial charge in [0, 0.05) is 0 Å². The Balaban J connectivity index is 2.25. The number of ether oxygens (including phenoxy) is 2. The van der Waals surface area contributed by atoms with E-state index in [0.717, 1.165) is 38.5 Å². The molecule has 1 rings (SSSR count). The maximum Gasteiger partial charge on any atom is 0.249 e. The fraction of sp³-hybridized carbons (Fsp3) is 0.873. The fourth-order valence-electron chi connectivity index (χ4n) is 8.62. The van der Waals surface area contributed by atoms with Crippen LogP contribution in [0.3, 0.4) is 0 Å². The van der Waals surface area contributed by atoms with Crippen molar-refractivity contribution in [2.24, 2.45) is 0 Å². The summed E-state index contributed by atoms with van der Waals surface area (Å²) in [6, 6.07) is -1.19. The van der Waals surface area contributed by atoms with Crippen LogP contribution in [0.25, 0.3) is 0 Å². The molecule has 0 radical (unpaired) electrons. The number of carbonyl (C=O) groups is 1. The van der Waals surface area contributed by atoms with Gasteiger partial charge in [0.15, 0.2) is 6.29 Å². The summed E-state index contributed by atoms with van der Waals surface area (Å²) in [6.07, 6.45) is 42.3. The Bertz CT molecular complexity index is 1170. The van der Waals surface area contributed by atoms with E-state index in [9.17, 15) is 40.5 Å². The van der Waals surface area contributed by atoms with Gasteiger partial charge in [-0.15, -0.1) is 0 Å². The van der Waals surface area contributed by atoms with Gasteiger partial charge in [-0.3, -0.25) is 4.79 Å². The molecule has 1 fully saturated rings. The Morgan fingerprint density at radius 1 is 0.515 bits per heavy atom. The Morgan fingerprint density at radius 3 is 1.39 bits per heavy atom. The molecule has 388 valence electrons. The molecule has 0 aromatic carbocycles. The van der Waals surface area contributed by atoms with Crippen molar-refractivity contribution in [1.82, 2.24) is 5.32 Å². The molecule has 11 heteroatoms. The summed E-state index contributed by atoms with van der Waals surface area (Å²) in [5.41, 5.74) is 0. The van der Waals surface area contributed by atoms with Gasteiger partial charge in [0.25, 0.3) is 0 Å². The van der Waals surface area contributed by atoms with Crippen LogP contribution in [0.1, 0.15) is 239 Å². The summed E-state index contributed by atoms with van der Waals surface area (Å²) in [5, 5.41) is 75.7. The Kier molecular flexibility index (Phi) is 42.1. The lowest BCUT2D eigenvalue weighted by Crippen LogP contribution is -2.60. The van der Waals surface area contributed by atoms with Crippen molar-refractivity contribution in [1.29, 1.82) is 0 Å². The topological polar surface area (TPSA) is 189 Å². The van der Waals surface area contributed by atoms with Crippen LogP contribution in [0.2, 0.25) is 0 Å². The van der Waals surface area contributed by atoms with E-state index in [4.69, 9.17) is 9.47 Å². The molecule has 9 unspecified atom stereocenters. The number of hydrogen-bond acceptors (Lipinski definition) is 10. The number of unbranched alkanes of at least 4 members (excludes halogenated alkanes) is 28. The number of carbonyl (C=O) groups excluding carboxylic acids is 1. The molecule has 1 aliphatic rings. The summed E-state index contributed by atoms with van der Waals surface area (Å²) < 4.78 is 11.1. The highest BCUT2D eigenvalue weighted by Gasteiger charge is 2.44. The van der Waals surface area contributed by atoms with Crippen molar-refractivity contribution in [3.8, 4) is 0 Å². The van der Waals surface area contributed by atoms with Crippen molar-refractivity contribution in [2.75, 3.05) is 13.2 Å². The molecule has 8 N–H and O–H groups in total. The van der Waals surface area contributed by atoms with Crippen LogP contribution in [0.4, 0.5) is 0 Å². The molecule has 0 spiro atoms. The smallest absolute Gasteiger partial charge is 0.249 e. The second-order valence-electron chi connectivity index (χ2n) is 19.3. The summed E-state index contributed by atoms with van der Waals surface area (Å²) in [4.78, 5) is 13.1. The van der Waals surface area contributed by atoms with Crippen LogP contribution in [0.5, 0.6) is 0 Å². The molecule has 1 aliphatic heterocycles. The first-order chi connectivity index (χ1) is 32.2. The van der Waals surface area contributed by atoms with Crippen molar-refractivity contribution in [3.05, 3.63) is 36.5 Å². The zero-order valence-corrected chi connectivity index (χ0v) is 42.2. The number of aliphatic hydroxyl groups excluding tert-OH is 7. The van der Waals surface area contributed by atoms with Gasteiger partial charge in [-0.25, -0.2) is 0 Å². The number of allylic oxidation sites excluding steroid dienone is 6. The van der Waals surface area contributed by atoms with E-state index in [1.165, 1.54) is 154 Å². The predicted molar refractivity (Wildman–Crippen MR) is 270 cm³/mol. The highest BCUT2D eigenvalue weighted by Crippen LogP contribution is 2.23. The minimum absolute atomic E-state index is 0.245. The van der Waals surface area contributed by atoms with Crippen LogP contribution in [0, 0.1) is 0 Å². The number of amides is 1. The SMILES string of the molecule is CCCC/C=C/CC/C=C/CCCC(O)C(O)C(COC1OC(CO)C(O)C(O)C1O)NC(=O)C(O)CCCCCCCCCCCCCC/C=C\CCCCCCCCCCCCCC. The maximum atomic E-state index is 13.1. The van der Waals surface area contributed by atoms with Crippen LogP contribution in [-0.4, -0.2) is 110 Å². The zero-order valence-electron chi connectivity index (χ0n) is 42.2. The molecular formula is C55H103NO10. The molecular weight excluding hydrogens is 835 g/mol. The van der Waals surface area contributed by atoms with Crippen LogP contribution in [-0.2, 0) is 14.3 Å². The molecule has 1 saturated heterocycles. The van der Waals surface area contributed by atoms with Gasteiger partial charge in [-0.05, 0) is 70.6 Å². The molecule has 1 amide bonds. The highest BCUT2D eigenvalue weighted by atomic mass is 16.7. The molecule has 9 atom stereocenters. The van der Waals surface area contributed by atoms with Crippen molar-refractivity contribution in [2.45, 2.75) is 294 Å². The van der Waals surface area contributed by atoms with Gasteiger partial charge < -0.3 is 50.5 Å². The molecule has 1 heterocycles. The number of aliphatic hydroxyl groups is 7. The zero-order chi connectivity index (χ0) is 48.3. The third kappa shape index (κ3) is 33.0. The normalized spacial score (nSPS) is 21.0. The van der Waals surface area contributed by atoms with Crippen LogP contribution in [0.15, 0.2) is 36.5 Å². The lowest BCUT2D eigenvalue weighted by Gasteiger charge is -2.40. The van der Waals surface area contributed by atoms with Crippen LogP contribution < -0.4 is 5.32 Å². The summed E-state index contributed by atoms with van der Waals surface area (Å²) in [6.45, 7) is 3.38. The van der Waals surface area contributed by atoms with E-state index < -0.39 is 74.2 Å². The Morgan fingerprint density at radius 2 is 0.924 bits per heavy atom. The van der Waals surface area contributed by atoms with Crippen molar-refractivity contribution in [3.63, 3.8) is 0 Å². The molecule has 0 aliphatic carbocycles. The largest absolute Gasteiger partial charge is 0.394 e. The number of rotatable bonds is 46. The van der Waals surface area contributed by atoms with E-state index in [0.29, 0.717) is 19.3 Å². The van der Waals surface area contributed by atoms with Gasteiger partial charge in [-0.1, -0.05) is 204 Å². The molecule has 0 saturated carbocycles. The Hall–Kier alpha value is -1.67. The highest BCUT2D eigenvalue weighted by molar-refractivity contribution is 5.80. The lowest BCUT2D eigenvalue weighted by molar-refractivity contribution is -0.303. The standard InChI is InChI=1S/C55H103NO10/c1-3-5-7-9-11-13-15-16-17-18-19-20-21-22-23-24-25-26-27-28-29-30-31-33-35-37-39-41-43-48(59)54(64)56-46(45-65-55-53(63)52(62)51(61)49(44-57)66-55)50(60)47(58)42-40-38-36-34-32-14-12-10-8-6-4-2/h10,12,22-23,34,36,46-53,55,57-63H,3-9,11,13-21,24-33,35,37-45H2,1-2H3,(H,56,64)/b12-10+,23-22-,36-34+. The van der Waals surface area contributed by atoms with Gasteiger partial charge in [0.2, 0.25) is 5.91 Å². The van der Waals surface area contributed by atoms with Gasteiger partial charge in [0.1, 0.15) is 36.6 Å². The Labute approximate surface area is 403 Å². The van der Waals surface area contributed by atoms with E-state index in [1.54, 1.807) is 0 Å². The summed E-state index contributed by atoms with van der Waals surface area (Å²) in [7, 11) is 0. The summed E-state index contributed by atoms with van der Waals surface area (Å²) in [5.74, 6) is -0.711. The monoisotopic (exact) mass is 938 g/mol. The quantitative estimate of drug-likeness (QED) is 0.0215. The van der Waals surface area contributed by atoms with Crippen molar-refractivity contribution >= 4 is 5.91 Å². The fourth-order valence-corrected chi connectivity index (χ4v) is 8.62. The van der Waals surface area contributed by atoms with E-state index in [2.05, 4.69) is 55.6 Å². The predicted octanol–water partition coefficient (Wildman–Crippen LogP) is 10.7. The molecule has 0 aromatic heterocycles. The van der Waals surface area contributed by atoms with Gasteiger partial charge >= 0.3 is 0 Å². The average Bonchev–Trinajstić information content (AvgIpc) is 3.32. The second kappa shape index (κ2) is 44.5. The van der Waals surface area contributed by atoms with Crippen LogP contribution >= 0.6 is 0 Å². The molecule has 0 bridgehead atoms. The van der Waals surface area contributed by atoms with Crippen molar-refractivity contribution < 1.29 is 50.0 Å². The first-order valence-corrected chi connectivity index (χ1v) is 27.4. The number of hydrogen-bond donors (Lipinski definition) is 8. The molecule has 66 heavy (non-hydrogen) atoms. The van der Waals surface area contributed by atoms with E-state index in [-0.39, 0.29) is 12.8 Å². The van der Waals surface area contributed by atoms with Gasteiger partial charge in [0.05, 0.1) is 25.4 Å². The van der Waals surface area contributed by atoms with E-state index in [1.807, 2.05) is 0 Å². The number of nitrogens with one attached hydrogen (secondary N) is 1. The minimum Gasteiger partial charge on any atom is -0.394 e.